The molecule has 3 rings (SSSR count). The van der Waals surface area contributed by atoms with Crippen LogP contribution in [0, 0.1) is 5.92 Å². The van der Waals surface area contributed by atoms with Crippen LogP contribution >= 0.6 is 0 Å². The van der Waals surface area contributed by atoms with Gasteiger partial charge in [-0.1, -0.05) is 96.2 Å². The van der Waals surface area contributed by atoms with Gasteiger partial charge in [-0.05, 0) is 16.7 Å². The maximum absolute atomic E-state index is 13.5. The summed E-state index contributed by atoms with van der Waals surface area (Å²) in [5.41, 5.74) is 1.40. The van der Waals surface area contributed by atoms with Crippen molar-refractivity contribution < 1.29 is 41.3 Å². The Balaban J connectivity index is 2.00. The van der Waals surface area contributed by atoms with Crippen LogP contribution < -0.4 is 0 Å². The van der Waals surface area contributed by atoms with Crippen LogP contribution in [0.15, 0.2) is 96.2 Å². The van der Waals surface area contributed by atoms with Gasteiger partial charge in [0.2, 0.25) is 0 Å². The summed E-state index contributed by atoms with van der Waals surface area (Å²) in [5, 5.41) is 3.47. The van der Waals surface area contributed by atoms with Crippen LogP contribution in [-0.2, 0) is 56.2 Å². The van der Waals surface area contributed by atoms with Crippen LogP contribution in [-0.4, -0.2) is 45.4 Å². The largest absolute Gasteiger partial charge is 0.464 e. The second-order valence-corrected chi connectivity index (χ2v) is 10.3. The van der Waals surface area contributed by atoms with Gasteiger partial charge in [-0.25, -0.2) is 4.79 Å². The molecule has 0 heterocycles. The van der Waals surface area contributed by atoms with Gasteiger partial charge in [-0.15, -0.1) is 0 Å². The number of esters is 3. The lowest BCUT2D eigenvalue weighted by Crippen LogP contribution is -2.35. The molecule has 1 unspecified atom stereocenters. The summed E-state index contributed by atoms with van der Waals surface area (Å²) in [6.07, 6.45) is 0.350. The van der Waals surface area contributed by atoms with Crippen LogP contribution in [0.5, 0.6) is 0 Å². The lowest BCUT2D eigenvalue weighted by Gasteiger charge is -2.25. The SMILES string of the molecule is COC(=O)/C(CC(c1ccccc1)C(C(=O)OCc1ccccc1)C(=O)OCc1ccccc1)=N/OS(C)(=O)=O. The number of carbonyl (C=O) groups is 3. The summed E-state index contributed by atoms with van der Waals surface area (Å²) >= 11 is 0. The van der Waals surface area contributed by atoms with Gasteiger partial charge in [0, 0.05) is 12.3 Å². The van der Waals surface area contributed by atoms with E-state index in [0.29, 0.717) is 16.7 Å². The second-order valence-electron chi connectivity index (χ2n) is 8.69. The molecule has 10 nitrogen and oxygen atoms in total. The highest BCUT2D eigenvalue weighted by Crippen LogP contribution is 2.32. The molecule has 0 radical (unpaired) electrons. The molecule has 3 aromatic rings. The van der Waals surface area contributed by atoms with Crippen molar-refractivity contribution >= 4 is 33.7 Å². The highest BCUT2D eigenvalue weighted by atomic mass is 32.2. The quantitative estimate of drug-likeness (QED) is 0.0994. The molecule has 0 spiro atoms. The fourth-order valence-corrected chi connectivity index (χ4v) is 4.01. The van der Waals surface area contributed by atoms with Crippen molar-refractivity contribution in [1.29, 1.82) is 0 Å². The van der Waals surface area contributed by atoms with E-state index in [-0.39, 0.29) is 13.2 Å². The molecule has 0 amide bonds. The summed E-state index contributed by atoms with van der Waals surface area (Å²) in [6.45, 7) is -0.225. The fourth-order valence-electron chi connectivity index (χ4n) is 3.79. The zero-order chi connectivity index (χ0) is 29.0. The van der Waals surface area contributed by atoms with Crippen molar-refractivity contribution in [3.63, 3.8) is 0 Å². The number of hydrogen-bond donors (Lipinski definition) is 0. The van der Waals surface area contributed by atoms with Gasteiger partial charge in [0.25, 0.3) is 0 Å². The van der Waals surface area contributed by atoms with E-state index in [1.165, 1.54) is 0 Å². The van der Waals surface area contributed by atoms with Crippen LogP contribution in [0.25, 0.3) is 0 Å². The number of nitrogens with zero attached hydrogens (tertiary/aromatic N) is 1. The molecule has 40 heavy (non-hydrogen) atoms. The number of hydrogen-bond acceptors (Lipinski definition) is 10. The number of carbonyl (C=O) groups excluding carboxylic acids is 3. The minimum absolute atomic E-state index is 0.112. The lowest BCUT2D eigenvalue weighted by atomic mass is 9.82. The first-order valence-electron chi connectivity index (χ1n) is 12.2. The minimum atomic E-state index is -4.07. The van der Waals surface area contributed by atoms with Crippen molar-refractivity contribution in [2.75, 3.05) is 13.4 Å². The molecule has 0 aliphatic heterocycles. The van der Waals surface area contributed by atoms with Gasteiger partial charge in [0.1, 0.15) is 13.2 Å². The Morgan fingerprint density at radius 2 is 1.20 bits per heavy atom. The predicted molar refractivity (Wildman–Crippen MR) is 145 cm³/mol. The summed E-state index contributed by atoms with van der Waals surface area (Å²) in [6, 6.07) is 26.2. The van der Waals surface area contributed by atoms with E-state index in [9.17, 15) is 22.8 Å². The molecule has 0 N–H and O–H groups in total. The zero-order valence-electron chi connectivity index (χ0n) is 22.0. The molecular weight excluding hydrogens is 538 g/mol. The minimum Gasteiger partial charge on any atom is -0.464 e. The molecule has 0 bridgehead atoms. The van der Waals surface area contributed by atoms with E-state index < -0.39 is 52.0 Å². The van der Waals surface area contributed by atoms with Crippen molar-refractivity contribution in [1.82, 2.24) is 0 Å². The van der Waals surface area contributed by atoms with Crippen LogP contribution in [0.1, 0.15) is 29.0 Å². The molecule has 210 valence electrons. The Kier molecular flexibility index (Phi) is 11.0. The average Bonchev–Trinajstić information content (AvgIpc) is 2.97. The molecular formula is C29H29NO9S. The molecule has 0 saturated carbocycles. The van der Waals surface area contributed by atoms with Crippen molar-refractivity contribution in [3.05, 3.63) is 108 Å². The Labute approximate surface area is 232 Å². The molecule has 0 aliphatic carbocycles. The smallest absolute Gasteiger partial charge is 0.355 e. The van der Waals surface area contributed by atoms with Crippen molar-refractivity contribution in [3.8, 4) is 0 Å². The molecule has 1 atom stereocenters. The predicted octanol–water partition coefficient (Wildman–Crippen LogP) is 3.77. The van der Waals surface area contributed by atoms with Gasteiger partial charge in [0.05, 0.1) is 13.4 Å². The van der Waals surface area contributed by atoms with Crippen molar-refractivity contribution in [2.45, 2.75) is 25.6 Å². The molecule has 0 aliphatic rings. The van der Waals surface area contributed by atoms with E-state index in [4.69, 9.17) is 14.2 Å². The van der Waals surface area contributed by atoms with Gasteiger partial charge in [-0.2, -0.15) is 8.42 Å². The van der Waals surface area contributed by atoms with E-state index >= 15 is 0 Å². The summed E-state index contributed by atoms with van der Waals surface area (Å²) in [7, 11) is -2.99. The Morgan fingerprint density at radius 1 is 0.750 bits per heavy atom. The standard InChI is InChI=1S/C29H29NO9S/c1-36-27(31)25(30-39-40(2,34)35)18-24(23-16-10-5-11-17-23)26(28(32)37-19-21-12-6-3-7-13-21)29(33)38-20-22-14-8-4-9-15-22/h3-17,24,26H,18-20H2,1-2H3/b30-25+. The Bertz CT molecular complexity index is 1350. The summed E-state index contributed by atoms with van der Waals surface area (Å²) < 4.78 is 43.4. The third-order valence-corrected chi connectivity index (χ3v) is 6.05. The van der Waals surface area contributed by atoms with E-state index in [0.717, 1.165) is 13.4 Å². The number of methoxy groups -OCH3 is 1. The monoisotopic (exact) mass is 567 g/mol. The Hall–Kier alpha value is -4.51. The maximum Gasteiger partial charge on any atom is 0.355 e. The fraction of sp³-hybridized carbons (Fsp3) is 0.241. The molecule has 0 saturated heterocycles. The number of oxime groups is 1. The average molecular weight is 568 g/mol. The lowest BCUT2D eigenvalue weighted by molar-refractivity contribution is -0.165. The number of ether oxygens (including phenoxy) is 3. The van der Waals surface area contributed by atoms with Crippen molar-refractivity contribution in [2.24, 2.45) is 11.1 Å². The first-order chi connectivity index (χ1) is 19.2. The van der Waals surface area contributed by atoms with Crippen LogP contribution in [0.3, 0.4) is 0 Å². The van der Waals surface area contributed by atoms with E-state index in [1.54, 1.807) is 78.9 Å². The van der Waals surface area contributed by atoms with Gasteiger partial charge in [0.15, 0.2) is 11.6 Å². The third-order valence-electron chi connectivity index (χ3n) is 5.70. The molecule has 0 aromatic heterocycles. The third kappa shape index (κ3) is 9.35. The number of benzene rings is 3. The second kappa shape index (κ2) is 14.6. The first kappa shape index (κ1) is 30.0. The normalized spacial score (nSPS) is 12.3. The number of rotatable bonds is 13. The topological polar surface area (TPSA) is 135 Å². The van der Waals surface area contributed by atoms with Crippen LogP contribution in [0.2, 0.25) is 0 Å². The summed E-state index contributed by atoms with van der Waals surface area (Å²) in [5.74, 6) is -5.41. The Morgan fingerprint density at radius 3 is 1.62 bits per heavy atom. The van der Waals surface area contributed by atoms with Gasteiger partial charge < -0.3 is 14.2 Å². The molecule has 11 heteroatoms. The van der Waals surface area contributed by atoms with Crippen LogP contribution in [0.4, 0.5) is 0 Å². The highest BCUT2D eigenvalue weighted by molar-refractivity contribution is 7.85. The highest BCUT2D eigenvalue weighted by Gasteiger charge is 2.40. The first-order valence-corrected chi connectivity index (χ1v) is 14.0. The van der Waals surface area contributed by atoms with Gasteiger partial charge >= 0.3 is 28.0 Å². The van der Waals surface area contributed by atoms with E-state index in [1.807, 2.05) is 12.1 Å². The van der Waals surface area contributed by atoms with Gasteiger partial charge in [-0.3, -0.25) is 13.9 Å². The maximum atomic E-state index is 13.5. The molecule has 3 aromatic carbocycles. The summed E-state index contributed by atoms with van der Waals surface area (Å²) in [4.78, 5) is 39.6. The zero-order valence-corrected chi connectivity index (χ0v) is 22.8. The van der Waals surface area contributed by atoms with E-state index in [2.05, 4.69) is 9.44 Å². The molecule has 0 fully saturated rings.